The molecule has 0 aliphatic carbocycles. The van der Waals surface area contributed by atoms with Crippen LogP contribution < -0.4 is 10.6 Å². The van der Waals surface area contributed by atoms with Crippen LogP contribution in [0.4, 0.5) is 4.39 Å². The van der Waals surface area contributed by atoms with Gasteiger partial charge in [0.1, 0.15) is 5.82 Å². The molecular weight excluding hydrogens is 407 g/mol. The Hall–Kier alpha value is -2.93. The van der Waals surface area contributed by atoms with E-state index < -0.39 is 0 Å². The van der Waals surface area contributed by atoms with E-state index in [2.05, 4.69) is 39.6 Å². The summed E-state index contributed by atoms with van der Waals surface area (Å²) >= 11 is 0. The van der Waals surface area contributed by atoms with Gasteiger partial charge in [-0.05, 0) is 36.6 Å². The number of rotatable bonds is 10. The number of nitrogens with zero attached hydrogens (tertiary/aromatic N) is 2. The van der Waals surface area contributed by atoms with Crippen LogP contribution >= 0.6 is 0 Å². The smallest absolute Gasteiger partial charge is 0.224 e. The van der Waals surface area contributed by atoms with Crippen molar-refractivity contribution in [1.29, 1.82) is 0 Å². The monoisotopic (exact) mass is 440 g/mol. The molecule has 172 valence electrons. The van der Waals surface area contributed by atoms with Gasteiger partial charge in [-0.15, -0.1) is 0 Å². The maximum absolute atomic E-state index is 13.0. The minimum Gasteiger partial charge on any atom is -0.376 e. The molecule has 1 saturated heterocycles. The highest BCUT2D eigenvalue weighted by Gasteiger charge is 2.25. The van der Waals surface area contributed by atoms with Crippen molar-refractivity contribution in [1.82, 2.24) is 15.5 Å². The summed E-state index contributed by atoms with van der Waals surface area (Å²) in [5.41, 5.74) is 1.98. The van der Waals surface area contributed by atoms with Gasteiger partial charge in [-0.3, -0.25) is 9.79 Å². The lowest BCUT2D eigenvalue weighted by Crippen LogP contribution is -2.41. The molecule has 2 aromatic carbocycles. The highest BCUT2D eigenvalue weighted by atomic mass is 19.1. The van der Waals surface area contributed by atoms with E-state index in [0.29, 0.717) is 25.6 Å². The molecule has 1 aliphatic rings. The first-order valence-corrected chi connectivity index (χ1v) is 11.3. The van der Waals surface area contributed by atoms with E-state index in [1.165, 1.54) is 17.7 Å². The third-order valence-electron chi connectivity index (χ3n) is 5.36. The van der Waals surface area contributed by atoms with Gasteiger partial charge in [0.2, 0.25) is 5.91 Å². The highest BCUT2D eigenvalue weighted by molar-refractivity contribution is 5.80. The van der Waals surface area contributed by atoms with Crippen LogP contribution in [0, 0.1) is 11.7 Å². The van der Waals surface area contributed by atoms with Gasteiger partial charge in [0.15, 0.2) is 5.96 Å². The molecule has 0 saturated carbocycles. The Morgan fingerprint density at radius 2 is 1.91 bits per heavy atom. The molecule has 6 nitrogen and oxygen atoms in total. The third-order valence-corrected chi connectivity index (χ3v) is 5.36. The predicted molar refractivity (Wildman–Crippen MR) is 125 cm³/mol. The number of carbonyl (C=O) groups excluding carboxylic acids is 1. The quantitative estimate of drug-likeness (QED) is 0.339. The summed E-state index contributed by atoms with van der Waals surface area (Å²) in [6, 6.07) is 16.2. The summed E-state index contributed by atoms with van der Waals surface area (Å²) in [6.07, 6.45) is 1.31. The summed E-state index contributed by atoms with van der Waals surface area (Å²) in [5.74, 6) is 0.976. The normalized spacial score (nSPS) is 16.2. The molecular formula is C25H33FN4O2. The lowest BCUT2D eigenvalue weighted by Gasteiger charge is -2.21. The molecule has 1 unspecified atom stereocenters. The average Bonchev–Trinajstić information content (AvgIpc) is 3.27. The fourth-order valence-electron chi connectivity index (χ4n) is 3.71. The van der Waals surface area contributed by atoms with Crippen molar-refractivity contribution < 1.29 is 13.9 Å². The van der Waals surface area contributed by atoms with Crippen molar-refractivity contribution >= 4 is 11.9 Å². The van der Waals surface area contributed by atoms with Gasteiger partial charge in [-0.2, -0.15) is 0 Å². The van der Waals surface area contributed by atoms with Crippen molar-refractivity contribution in [2.24, 2.45) is 10.9 Å². The number of amides is 1. The maximum Gasteiger partial charge on any atom is 0.224 e. The molecule has 0 aromatic heterocycles. The van der Waals surface area contributed by atoms with Crippen LogP contribution in [0.2, 0.25) is 0 Å². The first-order valence-electron chi connectivity index (χ1n) is 11.3. The van der Waals surface area contributed by atoms with Crippen LogP contribution in [0.25, 0.3) is 0 Å². The molecule has 1 amide bonds. The minimum atomic E-state index is -0.300. The van der Waals surface area contributed by atoms with E-state index in [9.17, 15) is 9.18 Å². The topological polar surface area (TPSA) is 66.0 Å². The average molecular weight is 441 g/mol. The summed E-state index contributed by atoms with van der Waals surface area (Å²) < 4.78 is 18.9. The van der Waals surface area contributed by atoms with Gasteiger partial charge < -0.3 is 20.3 Å². The number of carbonyl (C=O) groups is 1. The Morgan fingerprint density at radius 1 is 1.12 bits per heavy atom. The number of benzene rings is 2. The Bertz CT molecular complexity index is 858. The Labute approximate surface area is 189 Å². The highest BCUT2D eigenvalue weighted by Crippen LogP contribution is 2.17. The zero-order chi connectivity index (χ0) is 22.6. The van der Waals surface area contributed by atoms with Gasteiger partial charge >= 0.3 is 0 Å². The molecule has 1 heterocycles. The van der Waals surface area contributed by atoms with Crippen LogP contribution in [0.3, 0.4) is 0 Å². The van der Waals surface area contributed by atoms with Crippen molar-refractivity contribution in [3.63, 3.8) is 0 Å². The molecule has 2 aromatic rings. The zero-order valence-corrected chi connectivity index (χ0v) is 18.7. The lowest BCUT2D eigenvalue weighted by molar-refractivity contribution is -0.120. The van der Waals surface area contributed by atoms with Gasteiger partial charge in [-0.1, -0.05) is 42.5 Å². The standard InChI is InChI=1S/C25H33FN4O2/c1-2-27-25(29-14-13-28-24(31)16-20-8-10-23(26)11-9-20)30-15-12-22(17-30)19-32-18-21-6-4-3-5-7-21/h3-11,22H,2,12-19H2,1H3,(H,27,29)(H,28,31). The van der Waals surface area contributed by atoms with Crippen LogP contribution in [0.15, 0.2) is 59.6 Å². The van der Waals surface area contributed by atoms with E-state index in [1.807, 2.05) is 18.2 Å². The second kappa shape index (κ2) is 12.8. The fraction of sp³-hybridized carbons (Fsp3) is 0.440. The number of guanidine groups is 1. The van der Waals surface area contributed by atoms with E-state index in [0.717, 1.165) is 44.2 Å². The lowest BCUT2D eigenvalue weighted by atomic mass is 10.1. The van der Waals surface area contributed by atoms with Crippen molar-refractivity contribution in [2.45, 2.75) is 26.4 Å². The first kappa shape index (κ1) is 23.7. The van der Waals surface area contributed by atoms with E-state index in [1.54, 1.807) is 12.1 Å². The molecule has 0 bridgehead atoms. The summed E-state index contributed by atoms with van der Waals surface area (Å²) in [6.45, 7) is 7.06. The minimum absolute atomic E-state index is 0.0892. The molecule has 0 radical (unpaired) electrons. The van der Waals surface area contributed by atoms with Crippen molar-refractivity contribution in [3.8, 4) is 0 Å². The number of nitrogens with one attached hydrogen (secondary N) is 2. The maximum atomic E-state index is 13.0. The number of likely N-dealkylation sites (tertiary alicyclic amines) is 1. The third kappa shape index (κ3) is 7.96. The number of hydrogen-bond acceptors (Lipinski definition) is 3. The van der Waals surface area contributed by atoms with E-state index in [-0.39, 0.29) is 18.1 Å². The molecule has 32 heavy (non-hydrogen) atoms. The molecule has 2 N–H and O–H groups in total. The molecule has 1 aliphatic heterocycles. The van der Waals surface area contributed by atoms with Crippen molar-refractivity contribution in [3.05, 3.63) is 71.5 Å². The fourth-order valence-corrected chi connectivity index (χ4v) is 3.71. The second-order valence-corrected chi connectivity index (χ2v) is 7.99. The van der Waals surface area contributed by atoms with Crippen LogP contribution in [-0.4, -0.2) is 56.1 Å². The zero-order valence-electron chi connectivity index (χ0n) is 18.7. The number of aliphatic imine (C=N–C) groups is 1. The number of ether oxygens (including phenoxy) is 1. The predicted octanol–water partition coefficient (Wildman–Crippen LogP) is 2.99. The largest absolute Gasteiger partial charge is 0.376 e. The molecule has 3 rings (SSSR count). The molecule has 1 fully saturated rings. The Morgan fingerprint density at radius 3 is 2.66 bits per heavy atom. The van der Waals surface area contributed by atoms with E-state index >= 15 is 0 Å². The second-order valence-electron chi connectivity index (χ2n) is 7.99. The number of halogens is 1. The van der Waals surface area contributed by atoms with Gasteiger partial charge in [0.25, 0.3) is 0 Å². The van der Waals surface area contributed by atoms with Crippen LogP contribution in [-0.2, 0) is 22.6 Å². The molecule has 1 atom stereocenters. The van der Waals surface area contributed by atoms with Gasteiger partial charge in [0.05, 0.1) is 26.2 Å². The Kier molecular flexibility index (Phi) is 9.50. The summed E-state index contributed by atoms with van der Waals surface area (Å²) in [5, 5.41) is 6.23. The summed E-state index contributed by atoms with van der Waals surface area (Å²) in [4.78, 5) is 19.0. The van der Waals surface area contributed by atoms with Crippen molar-refractivity contribution in [2.75, 3.05) is 39.3 Å². The number of hydrogen-bond donors (Lipinski definition) is 2. The SMILES string of the molecule is CCNC(=NCCNC(=O)Cc1ccc(F)cc1)N1CCC(COCc2ccccc2)C1. The van der Waals surface area contributed by atoms with Gasteiger partial charge in [-0.25, -0.2) is 4.39 Å². The summed E-state index contributed by atoms with van der Waals surface area (Å²) in [7, 11) is 0. The first-order chi connectivity index (χ1) is 15.6. The molecule has 7 heteroatoms. The molecule has 0 spiro atoms. The van der Waals surface area contributed by atoms with Crippen LogP contribution in [0.5, 0.6) is 0 Å². The Balaban J connectivity index is 1.38. The van der Waals surface area contributed by atoms with Crippen LogP contribution in [0.1, 0.15) is 24.5 Å². The van der Waals surface area contributed by atoms with E-state index in [4.69, 9.17) is 4.74 Å². The van der Waals surface area contributed by atoms with Gasteiger partial charge in [0, 0.05) is 32.1 Å².